The first-order valence-corrected chi connectivity index (χ1v) is 6.78. The molecule has 1 aliphatic rings. The topological polar surface area (TPSA) is 49.4 Å². The molecular weight excluding hydrogens is 240 g/mol. The Morgan fingerprint density at radius 2 is 1.94 bits per heavy atom. The summed E-state index contributed by atoms with van der Waals surface area (Å²) in [5.74, 6) is 0.522. The molecule has 1 saturated carbocycles. The van der Waals surface area contributed by atoms with E-state index >= 15 is 0 Å². The minimum atomic E-state index is -0.314. The van der Waals surface area contributed by atoms with Crippen LogP contribution in [0.25, 0.3) is 0 Å². The molecule has 1 fully saturated rings. The molecule has 0 unspecified atom stereocenters. The molecule has 98 valence electrons. The number of nitrogens with one attached hydrogen (secondary N) is 1. The van der Waals surface area contributed by atoms with Gasteiger partial charge in [0.15, 0.2) is 0 Å². The Morgan fingerprint density at radius 1 is 1.29 bits per heavy atom. The van der Waals surface area contributed by atoms with Crippen molar-refractivity contribution in [2.45, 2.75) is 38.5 Å². The smallest absolute Gasteiger partial charge is 0.323 e. The van der Waals surface area contributed by atoms with Gasteiger partial charge in [-0.1, -0.05) is 19.3 Å². The molecule has 1 aliphatic carbocycles. The highest BCUT2D eigenvalue weighted by atomic mass is 35.5. The van der Waals surface area contributed by atoms with E-state index < -0.39 is 0 Å². The number of rotatable bonds is 4. The summed E-state index contributed by atoms with van der Waals surface area (Å²) in [6.07, 6.45) is 6.38. The van der Waals surface area contributed by atoms with Crippen LogP contribution in [0.1, 0.15) is 38.5 Å². The normalized spacial score (nSPS) is 16.6. The lowest BCUT2D eigenvalue weighted by molar-refractivity contribution is -0.119. The third-order valence-corrected chi connectivity index (χ3v) is 3.36. The van der Waals surface area contributed by atoms with Gasteiger partial charge in [0.05, 0.1) is 0 Å². The summed E-state index contributed by atoms with van der Waals surface area (Å²) in [6.45, 7) is 0.736. The SMILES string of the molecule is CN(CC1CCCCC1)C(=O)NC(=O)CCCl. The molecular formula is C12H21ClN2O2. The first-order valence-electron chi connectivity index (χ1n) is 6.24. The number of hydrogen-bond acceptors (Lipinski definition) is 2. The predicted molar refractivity (Wildman–Crippen MR) is 68.1 cm³/mol. The second-order valence-corrected chi connectivity index (χ2v) is 5.05. The predicted octanol–water partition coefficient (Wildman–Crippen LogP) is 2.36. The minimum absolute atomic E-state index is 0.185. The molecule has 1 rings (SSSR count). The molecule has 0 radical (unpaired) electrons. The van der Waals surface area contributed by atoms with Gasteiger partial charge < -0.3 is 4.90 Å². The van der Waals surface area contributed by atoms with Crippen LogP contribution >= 0.6 is 11.6 Å². The van der Waals surface area contributed by atoms with E-state index in [0.29, 0.717) is 5.92 Å². The van der Waals surface area contributed by atoms with E-state index in [9.17, 15) is 9.59 Å². The maximum atomic E-state index is 11.7. The fourth-order valence-electron chi connectivity index (χ4n) is 2.20. The maximum Gasteiger partial charge on any atom is 0.323 e. The van der Waals surface area contributed by atoms with E-state index in [1.165, 1.54) is 32.1 Å². The van der Waals surface area contributed by atoms with Gasteiger partial charge in [0, 0.05) is 25.9 Å². The van der Waals surface area contributed by atoms with Gasteiger partial charge in [0.2, 0.25) is 5.91 Å². The average molecular weight is 261 g/mol. The zero-order valence-electron chi connectivity index (χ0n) is 10.4. The van der Waals surface area contributed by atoms with Gasteiger partial charge >= 0.3 is 6.03 Å². The Bertz CT molecular complexity index is 265. The summed E-state index contributed by atoms with van der Waals surface area (Å²) >= 11 is 5.43. The molecule has 3 amide bonds. The van der Waals surface area contributed by atoms with Crippen LogP contribution in [-0.2, 0) is 4.79 Å². The fraction of sp³-hybridized carbons (Fsp3) is 0.833. The van der Waals surface area contributed by atoms with Gasteiger partial charge in [-0.25, -0.2) is 4.79 Å². The Hall–Kier alpha value is -0.770. The lowest BCUT2D eigenvalue weighted by Crippen LogP contribution is -2.43. The molecule has 1 N–H and O–H groups in total. The second-order valence-electron chi connectivity index (χ2n) is 4.68. The summed E-state index contributed by atoms with van der Waals surface area (Å²) in [4.78, 5) is 24.5. The van der Waals surface area contributed by atoms with Crippen LogP contribution < -0.4 is 5.32 Å². The van der Waals surface area contributed by atoms with Crippen molar-refractivity contribution in [2.24, 2.45) is 5.92 Å². The van der Waals surface area contributed by atoms with Crippen molar-refractivity contribution < 1.29 is 9.59 Å². The molecule has 4 nitrogen and oxygen atoms in total. The Labute approximate surface area is 108 Å². The molecule has 0 saturated heterocycles. The van der Waals surface area contributed by atoms with Gasteiger partial charge in [0.1, 0.15) is 0 Å². The van der Waals surface area contributed by atoms with E-state index in [-0.39, 0.29) is 24.2 Å². The van der Waals surface area contributed by atoms with E-state index in [0.717, 1.165) is 6.54 Å². The number of hydrogen-bond donors (Lipinski definition) is 1. The van der Waals surface area contributed by atoms with Crippen LogP contribution in [-0.4, -0.2) is 36.3 Å². The number of carbonyl (C=O) groups is 2. The zero-order chi connectivity index (χ0) is 12.7. The maximum absolute atomic E-state index is 11.7. The van der Waals surface area contributed by atoms with Crippen LogP contribution in [0.5, 0.6) is 0 Å². The quantitative estimate of drug-likeness (QED) is 0.789. The van der Waals surface area contributed by atoms with Gasteiger partial charge in [-0.3, -0.25) is 10.1 Å². The lowest BCUT2D eigenvalue weighted by Gasteiger charge is -2.26. The molecule has 17 heavy (non-hydrogen) atoms. The molecule has 0 aliphatic heterocycles. The highest BCUT2D eigenvalue weighted by Gasteiger charge is 2.19. The van der Waals surface area contributed by atoms with Crippen LogP contribution in [0, 0.1) is 5.92 Å². The molecule has 0 aromatic rings. The number of urea groups is 1. The van der Waals surface area contributed by atoms with Gasteiger partial charge in [-0.05, 0) is 18.8 Å². The third-order valence-electron chi connectivity index (χ3n) is 3.17. The largest absolute Gasteiger partial charge is 0.327 e. The van der Waals surface area contributed by atoms with Crippen LogP contribution in [0.4, 0.5) is 4.79 Å². The summed E-state index contributed by atoms with van der Waals surface area (Å²) in [5, 5.41) is 2.33. The lowest BCUT2D eigenvalue weighted by atomic mass is 9.89. The monoisotopic (exact) mass is 260 g/mol. The Morgan fingerprint density at radius 3 is 2.53 bits per heavy atom. The summed E-state index contributed by atoms with van der Waals surface area (Å²) in [6, 6.07) is -0.314. The Balaban J connectivity index is 2.28. The number of imide groups is 1. The van der Waals surface area contributed by atoms with E-state index in [1.54, 1.807) is 11.9 Å². The van der Waals surface area contributed by atoms with E-state index in [1.807, 2.05) is 0 Å². The number of alkyl halides is 1. The molecule has 0 bridgehead atoms. The van der Waals surface area contributed by atoms with Crippen molar-refractivity contribution in [1.82, 2.24) is 10.2 Å². The van der Waals surface area contributed by atoms with Crippen molar-refractivity contribution in [3.63, 3.8) is 0 Å². The highest BCUT2D eigenvalue weighted by molar-refractivity contribution is 6.19. The van der Waals surface area contributed by atoms with Gasteiger partial charge in [0.25, 0.3) is 0 Å². The number of nitrogens with zero attached hydrogens (tertiary/aromatic N) is 1. The molecule has 0 aromatic carbocycles. The van der Waals surface area contributed by atoms with E-state index in [2.05, 4.69) is 5.32 Å². The Kier molecular flexibility index (Phi) is 6.34. The summed E-state index contributed by atoms with van der Waals surface area (Å²) < 4.78 is 0. The van der Waals surface area contributed by atoms with Gasteiger partial charge in [-0.15, -0.1) is 11.6 Å². The summed E-state index contributed by atoms with van der Waals surface area (Å²) in [5.41, 5.74) is 0. The first-order chi connectivity index (χ1) is 8.13. The van der Waals surface area contributed by atoms with Crippen molar-refractivity contribution in [3.05, 3.63) is 0 Å². The highest BCUT2D eigenvalue weighted by Crippen LogP contribution is 2.23. The van der Waals surface area contributed by atoms with Crippen molar-refractivity contribution in [1.29, 1.82) is 0 Å². The molecule has 0 aromatic heterocycles. The molecule has 0 atom stereocenters. The van der Waals surface area contributed by atoms with Gasteiger partial charge in [-0.2, -0.15) is 0 Å². The number of halogens is 1. The fourth-order valence-corrected chi connectivity index (χ4v) is 2.37. The summed E-state index contributed by atoms with van der Waals surface area (Å²) in [7, 11) is 1.73. The first kappa shape index (κ1) is 14.3. The number of carbonyl (C=O) groups excluding carboxylic acids is 2. The molecule has 0 heterocycles. The van der Waals surface area contributed by atoms with Crippen molar-refractivity contribution in [2.75, 3.05) is 19.5 Å². The van der Waals surface area contributed by atoms with Crippen LogP contribution in [0.3, 0.4) is 0 Å². The van der Waals surface area contributed by atoms with Crippen LogP contribution in [0.2, 0.25) is 0 Å². The average Bonchev–Trinajstić information content (AvgIpc) is 2.30. The number of amides is 3. The standard InChI is InChI=1S/C12H21ClN2O2/c1-15(9-10-5-3-2-4-6-10)12(17)14-11(16)7-8-13/h10H,2-9H2,1H3,(H,14,16,17). The molecule has 0 spiro atoms. The second kappa shape index (κ2) is 7.54. The van der Waals surface area contributed by atoms with Crippen molar-refractivity contribution in [3.8, 4) is 0 Å². The zero-order valence-corrected chi connectivity index (χ0v) is 11.1. The molecule has 5 heteroatoms. The van der Waals surface area contributed by atoms with E-state index in [4.69, 9.17) is 11.6 Å². The van der Waals surface area contributed by atoms with Crippen molar-refractivity contribution >= 4 is 23.5 Å². The minimum Gasteiger partial charge on any atom is -0.327 e. The van der Waals surface area contributed by atoms with Crippen LogP contribution in [0.15, 0.2) is 0 Å². The third kappa shape index (κ3) is 5.39.